The number of aliphatic hydroxyl groups is 1. The summed E-state index contributed by atoms with van der Waals surface area (Å²) >= 11 is 0. The number of nitrogens with zero attached hydrogens (tertiary/aromatic N) is 2. The second kappa shape index (κ2) is 7.43. The van der Waals surface area contributed by atoms with E-state index in [1.807, 2.05) is 0 Å². The highest BCUT2D eigenvalue weighted by Gasteiger charge is 2.28. The highest BCUT2D eigenvalue weighted by atomic mass is 19.1. The van der Waals surface area contributed by atoms with Crippen LogP contribution in [0.4, 0.5) is 4.39 Å². The molecule has 0 spiro atoms. The van der Waals surface area contributed by atoms with Gasteiger partial charge in [0.05, 0.1) is 25.3 Å². The van der Waals surface area contributed by atoms with Crippen molar-refractivity contribution < 1.29 is 19.1 Å². The third-order valence-electron chi connectivity index (χ3n) is 4.07. The second-order valence-corrected chi connectivity index (χ2v) is 5.67. The van der Waals surface area contributed by atoms with Crippen LogP contribution in [0, 0.1) is 18.2 Å². The van der Waals surface area contributed by atoms with E-state index in [0.717, 1.165) is 5.56 Å². The fourth-order valence-corrected chi connectivity index (χ4v) is 2.86. The lowest BCUT2D eigenvalue weighted by molar-refractivity contribution is -0.132. The molecule has 0 aliphatic carbocycles. The summed E-state index contributed by atoms with van der Waals surface area (Å²) in [6, 6.07) is 4.59. The second-order valence-electron chi connectivity index (χ2n) is 5.67. The van der Waals surface area contributed by atoms with Gasteiger partial charge < -0.3 is 5.11 Å². The van der Waals surface area contributed by atoms with E-state index in [2.05, 4.69) is 10.9 Å². The number of hydrogen-bond donors (Lipinski definition) is 1. The van der Waals surface area contributed by atoms with Gasteiger partial charge in [0.1, 0.15) is 5.82 Å². The van der Waals surface area contributed by atoms with Gasteiger partial charge in [0, 0.05) is 24.4 Å². The van der Waals surface area contributed by atoms with Crippen LogP contribution in [0.25, 0.3) is 0 Å². The van der Waals surface area contributed by atoms with Crippen LogP contribution < -0.4 is 0 Å². The fourth-order valence-electron chi connectivity index (χ4n) is 2.86. The van der Waals surface area contributed by atoms with Crippen LogP contribution in [0.1, 0.15) is 32.6 Å². The van der Waals surface area contributed by atoms with Gasteiger partial charge in [0.25, 0.3) is 5.91 Å². The number of benzene rings is 1. The van der Waals surface area contributed by atoms with Crippen LogP contribution in [0.15, 0.2) is 30.6 Å². The third-order valence-corrected chi connectivity index (χ3v) is 4.07. The first-order valence-electron chi connectivity index (χ1n) is 7.90. The number of pyridine rings is 1. The SMILES string of the molecule is C#Cc1ccc(Cc2cncc3c2C(=O)N(OCCO)CC3)c(F)c1. The molecule has 0 unspecified atom stereocenters. The third kappa shape index (κ3) is 3.53. The molecule has 0 radical (unpaired) electrons. The molecule has 1 aromatic heterocycles. The van der Waals surface area contributed by atoms with Gasteiger partial charge in [-0.1, -0.05) is 12.0 Å². The molecule has 0 bridgehead atoms. The first kappa shape index (κ1) is 17.1. The van der Waals surface area contributed by atoms with Crippen molar-refractivity contribution in [3.8, 4) is 12.3 Å². The van der Waals surface area contributed by atoms with E-state index in [1.54, 1.807) is 24.5 Å². The Labute approximate surface area is 145 Å². The van der Waals surface area contributed by atoms with Crippen molar-refractivity contribution in [3.05, 3.63) is 64.2 Å². The van der Waals surface area contributed by atoms with E-state index in [0.29, 0.717) is 35.2 Å². The molecule has 1 N–H and O–H groups in total. The molecule has 6 heteroatoms. The van der Waals surface area contributed by atoms with Gasteiger partial charge in [0.15, 0.2) is 0 Å². The molecule has 3 rings (SSSR count). The lowest BCUT2D eigenvalue weighted by atomic mass is 9.93. The Kier molecular flexibility index (Phi) is 5.08. The number of fused-ring (bicyclic) bond motifs is 1. The summed E-state index contributed by atoms with van der Waals surface area (Å²) in [7, 11) is 0. The summed E-state index contributed by atoms with van der Waals surface area (Å²) in [5.74, 6) is 1.68. The van der Waals surface area contributed by atoms with E-state index in [4.69, 9.17) is 16.4 Å². The Morgan fingerprint density at radius 2 is 2.20 bits per heavy atom. The molecular formula is C19H17FN2O3. The highest BCUT2D eigenvalue weighted by molar-refractivity contribution is 5.97. The quantitative estimate of drug-likeness (QED) is 0.842. The van der Waals surface area contributed by atoms with Gasteiger partial charge in [-0.2, -0.15) is 0 Å². The van der Waals surface area contributed by atoms with Gasteiger partial charge in [-0.3, -0.25) is 14.6 Å². The summed E-state index contributed by atoms with van der Waals surface area (Å²) < 4.78 is 14.2. The Balaban J connectivity index is 1.92. The van der Waals surface area contributed by atoms with Crippen LogP contribution in [-0.2, 0) is 17.7 Å². The fraction of sp³-hybridized carbons (Fsp3) is 0.263. The molecule has 1 aliphatic heterocycles. The molecule has 1 aliphatic rings. The molecule has 2 aromatic rings. The Bertz CT molecular complexity index is 845. The van der Waals surface area contributed by atoms with E-state index >= 15 is 0 Å². The number of hydroxylamine groups is 2. The van der Waals surface area contributed by atoms with E-state index < -0.39 is 5.82 Å². The average Bonchev–Trinajstić information content (AvgIpc) is 2.63. The van der Waals surface area contributed by atoms with Gasteiger partial charge >= 0.3 is 0 Å². The molecule has 0 saturated carbocycles. The summed E-state index contributed by atoms with van der Waals surface area (Å²) in [5, 5.41) is 10.1. The Hall–Kier alpha value is -2.75. The molecule has 25 heavy (non-hydrogen) atoms. The zero-order valence-corrected chi connectivity index (χ0v) is 13.5. The van der Waals surface area contributed by atoms with Crippen molar-refractivity contribution in [2.75, 3.05) is 19.8 Å². The minimum atomic E-state index is -0.412. The summed E-state index contributed by atoms with van der Waals surface area (Å²) in [6.45, 7) is 0.262. The zero-order chi connectivity index (χ0) is 17.8. The summed E-state index contributed by atoms with van der Waals surface area (Å²) in [4.78, 5) is 22.1. The largest absolute Gasteiger partial charge is 0.394 e. The van der Waals surface area contributed by atoms with Crippen LogP contribution >= 0.6 is 0 Å². The number of rotatable bonds is 5. The number of carbonyl (C=O) groups is 1. The molecule has 0 atom stereocenters. The number of aliphatic hydroxyl groups excluding tert-OH is 1. The van der Waals surface area contributed by atoms with Gasteiger partial charge in [-0.15, -0.1) is 6.42 Å². The Morgan fingerprint density at radius 3 is 2.92 bits per heavy atom. The maximum Gasteiger partial charge on any atom is 0.278 e. The minimum Gasteiger partial charge on any atom is -0.394 e. The topological polar surface area (TPSA) is 62.7 Å². The lowest BCUT2D eigenvalue weighted by Crippen LogP contribution is -2.39. The summed E-state index contributed by atoms with van der Waals surface area (Å²) in [6.07, 6.45) is 9.32. The smallest absolute Gasteiger partial charge is 0.278 e. The number of hydrogen-bond acceptors (Lipinski definition) is 4. The van der Waals surface area contributed by atoms with E-state index in [-0.39, 0.29) is 25.5 Å². The standard InChI is InChI=1S/C19H17FN2O3/c1-2-13-3-4-14(17(20)9-13)10-16-12-21-11-15-5-6-22(25-8-7-23)19(24)18(15)16/h1,3-4,9,11-12,23H,5-8,10H2. The lowest BCUT2D eigenvalue weighted by Gasteiger charge is -2.28. The van der Waals surface area contributed by atoms with Crippen LogP contribution in [0.5, 0.6) is 0 Å². The van der Waals surface area contributed by atoms with Crippen molar-refractivity contribution in [2.45, 2.75) is 12.8 Å². The van der Waals surface area contributed by atoms with Crippen molar-refractivity contribution in [1.29, 1.82) is 0 Å². The average molecular weight is 340 g/mol. The summed E-state index contributed by atoms with van der Waals surface area (Å²) in [5.41, 5.74) is 2.84. The number of aromatic nitrogens is 1. The zero-order valence-electron chi connectivity index (χ0n) is 13.5. The van der Waals surface area contributed by atoms with Crippen LogP contribution in [0.3, 0.4) is 0 Å². The number of carbonyl (C=O) groups excluding carboxylic acids is 1. The number of halogens is 1. The Morgan fingerprint density at radius 1 is 1.36 bits per heavy atom. The van der Waals surface area contributed by atoms with Gasteiger partial charge in [-0.05, 0) is 35.2 Å². The van der Waals surface area contributed by atoms with Gasteiger partial charge in [0.2, 0.25) is 0 Å². The predicted molar refractivity (Wildman–Crippen MR) is 89.2 cm³/mol. The van der Waals surface area contributed by atoms with Crippen LogP contribution in [0.2, 0.25) is 0 Å². The minimum absolute atomic E-state index is 0.0453. The van der Waals surface area contributed by atoms with Crippen LogP contribution in [-0.4, -0.2) is 40.8 Å². The molecule has 128 valence electrons. The maximum absolute atomic E-state index is 14.2. The first-order valence-corrected chi connectivity index (χ1v) is 7.90. The van der Waals surface area contributed by atoms with Gasteiger partial charge in [-0.25, -0.2) is 9.45 Å². The molecule has 0 fully saturated rings. The van der Waals surface area contributed by atoms with Crippen molar-refractivity contribution in [3.63, 3.8) is 0 Å². The molecule has 1 aromatic carbocycles. The molecular weight excluding hydrogens is 323 g/mol. The van der Waals surface area contributed by atoms with Crippen molar-refractivity contribution in [2.24, 2.45) is 0 Å². The normalized spacial score (nSPS) is 13.5. The molecule has 1 amide bonds. The van der Waals surface area contributed by atoms with Crippen molar-refractivity contribution >= 4 is 5.91 Å². The van der Waals surface area contributed by atoms with E-state index in [1.165, 1.54) is 11.1 Å². The van der Waals surface area contributed by atoms with Crippen molar-refractivity contribution in [1.82, 2.24) is 10.0 Å². The first-order chi connectivity index (χ1) is 12.1. The molecule has 2 heterocycles. The van der Waals surface area contributed by atoms with E-state index in [9.17, 15) is 9.18 Å². The predicted octanol–water partition coefficient (Wildman–Crippen LogP) is 1.72. The molecule has 0 saturated heterocycles. The highest BCUT2D eigenvalue weighted by Crippen LogP contribution is 2.25. The number of terminal acetylenes is 1. The molecule has 5 nitrogen and oxygen atoms in total. The number of amides is 1. The monoisotopic (exact) mass is 340 g/mol. The maximum atomic E-state index is 14.2.